The van der Waals surface area contributed by atoms with Crippen molar-refractivity contribution in [3.8, 4) is 11.1 Å². The minimum absolute atomic E-state index is 0. The second kappa shape index (κ2) is 32.1. The van der Waals surface area contributed by atoms with E-state index in [1.54, 1.807) is 27.1 Å². The molecule has 2 amide bonds. The maximum Gasteiger partial charge on any atom is 0.410 e. The summed E-state index contributed by atoms with van der Waals surface area (Å²) in [4.78, 5) is 67.9. The van der Waals surface area contributed by atoms with E-state index in [0.717, 1.165) is 38.3 Å². The van der Waals surface area contributed by atoms with Gasteiger partial charge in [-0.25, -0.2) is 50.3 Å². The van der Waals surface area contributed by atoms with Crippen molar-refractivity contribution in [1.29, 1.82) is 0 Å². The summed E-state index contributed by atoms with van der Waals surface area (Å²) in [5.74, 6) is -10.9. The highest BCUT2D eigenvalue weighted by atomic mass is 79.9. The normalized spacial score (nSPS) is 18.3. The molecule has 0 aromatic heterocycles. The number of halogens is 7. The van der Waals surface area contributed by atoms with E-state index in [-0.39, 0.29) is 108 Å². The minimum Gasteiger partial charge on any atom is -1.00 e. The van der Waals surface area contributed by atoms with E-state index in [4.69, 9.17) is 19.3 Å². The van der Waals surface area contributed by atoms with Gasteiger partial charge in [-0.05, 0) is 85.1 Å². The van der Waals surface area contributed by atoms with Crippen molar-refractivity contribution < 1.29 is 97.0 Å². The maximum atomic E-state index is 13.8. The number of benzene rings is 4. The molecule has 16 nitrogen and oxygen atoms in total. The second-order valence-electron chi connectivity index (χ2n) is 21.4. The number of piperidine rings is 3. The number of ether oxygens (including phenoxy) is 3. The fourth-order valence-electron chi connectivity index (χ4n) is 10.6. The van der Waals surface area contributed by atoms with Crippen LogP contribution in [0.4, 0.5) is 35.9 Å². The predicted octanol–water partition coefficient (Wildman–Crippen LogP) is 5.69. The molecule has 0 bridgehead atoms. The number of hydrogen-bond donors (Lipinski definition) is 3. The van der Waals surface area contributed by atoms with E-state index in [2.05, 4.69) is 0 Å². The number of esters is 1. The SMILES string of the molecule is CN(C(=O)OCC1c2ccccc2-c2ccccc21)[C@@H](CCN1CCCC(F)(F)C1)C(=O)O.CN(C(=O)OCc1ccccc1)[C@@H](CCN1CCCC(F)(F)C1)C(=O)OCc1ccccc1.C[NH2+][C@@H](CCN1CCCC(F)(F)C1)C(=O)O.[Br-]. The van der Waals surface area contributed by atoms with Crippen LogP contribution in [0.5, 0.6) is 0 Å². The summed E-state index contributed by atoms with van der Waals surface area (Å²) in [6, 6.07) is 31.6. The molecule has 4 aromatic rings. The van der Waals surface area contributed by atoms with Crippen LogP contribution >= 0.6 is 0 Å². The first-order valence-electron chi connectivity index (χ1n) is 27.8. The Labute approximate surface area is 491 Å². The number of quaternary nitrogens is 1. The van der Waals surface area contributed by atoms with E-state index in [1.807, 2.05) is 109 Å². The van der Waals surface area contributed by atoms with Crippen molar-refractivity contribution in [1.82, 2.24) is 24.5 Å². The molecule has 83 heavy (non-hydrogen) atoms. The van der Waals surface area contributed by atoms with Gasteiger partial charge in [0, 0.05) is 65.3 Å². The van der Waals surface area contributed by atoms with Crippen molar-refractivity contribution in [2.45, 2.75) is 113 Å². The van der Waals surface area contributed by atoms with Gasteiger partial charge in [0.25, 0.3) is 17.8 Å². The number of likely N-dealkylation sites (N-methyl/N-ethyl adjacent to an activating group) is 3. The fraction of sp³-hybridized carbons (Fsp3) is 0.517. The standard InChI is InChI=1S/C25H28F2N2O4.C25H30F2N2O4.C10H18F2N2O2.BrH/c1-28(22(23(30)31)11-14-29-13-6-12-25(26,27)16-29)24(32)33-15-21-19-9-4-2-7-17(19)18-8-3-5-10-20(18)21;1-28(24(31)33-18-21-11-6-3-7-12-21)22(13-16-29-15-8-14-25(26,27)19-29)23(30)32-17-20-9-4-2-5-10-20;1-13-8(9(15)16)3-6-14-5-2-4-10(11,12)7-14;/h2-5,7-10,21-22H,6,11-16H2,1H3,(H,30,31);2-7,9-12,22H,8,13-19H2,1H3;8,13H,2-7H2,1H3,(H,15,16);1H/t2*22-;8-;/m000./s1. The van der Waals surface area contributed by atoms with Gasteiger partial charge in [0.05, 0.1) is 26.7 Å². The van der Waals surface area contributed by atoms with E-state index in [9.17, 15) is 55.4 Å². The third kappa shape index (κ3) is 21.1. The second-order valence-corrected chi connectivity index (χ2v) is 21.4. The summed E-state index contributed by atoms with van der Waals surface area (Å²) in [5, 5.41) is 20.1. The molecule has 1 aliphatic carbocycles. The quantitative estimate of drug-likeness (QED) is 0.0526. The van der Waals surface area contributed by atoms with Gasteiger partial charge in [-0.2, -0.15) is 0 Å². The van der Waals surface area contributed by atoms with Crippen LogP contribution in [-0.4, -0.2) is 187 Å². The highest BCUT2D eigenvalue weighted by Crippen LogP contribution is 2.44. The first-order valence-corrected chi connectivity index (χ1v) is 27.8. The number of nitrogens with two attached hydrogens (primary N) is 1. The van der Waals surface area contributed by atoms with Gasteiger partial charge in [-0.15, -0.1) is 0 Å². The van der Waals surface area contributed by atoms with Crippen LogP contribution in [0.15, 0.2) is 109 Å². The third-order valence-electron chi connectivity index (χ3n) is 15.2. The number of carbonyl (C=O) groups is 5. The summed E-state index contributed by atoms with van der Waals surface area (Å²) in [6.45, 7) is 1.77. The summed E-state index contributed by atoms with van der Waals surface area (Å²) in [7, 11) is 4.53. The number of aliphatic carboxylic acids is 2. The number of hydrogen-bond acceptors (Lipinski definition) is 11. The van der Waals surface area contributed by atoms with Gasteiger partial charge in [-0.3, -0.25) is 24.5 Å². The van der Waals surface area contributed by atoms with Crippen LogP contribution < -0.4 is 22.3 Å². The Kier molecular flexibility index (Phi) is 26.1. The fourth-order valence-corrected chi connectivity index (χ4v) is 10.6. The van der Waals surface area contributed by atoms with E-state index in [1.165, 1.54) is 19.0 Å². The molecule has 4 aromatic carbocycles. The molecule has 3 saturated heterocycles. The Hall–Kier alpha value is -6.27. The molecular weight excluding hydrogens is 1160 g/mol. The van der Waals surface area contributed by atoms with Crippen molar-refractivity contribution >= 4 is 30.1 Å². The maximum absolute atomic E-state index is 13.8. The molecule has 0 saturated carbocycles. The first-order chi connectivity index (χ1) is 39.0. The van der Waals surface area contributed by atoms with E-state index < -0.39 is 66.0 Å². The van der Waals surface area contributed by atoms with Gasteiger partial charge in [-0.1, -0.05) is 109 Å². The lowest BCUT2D eigenvalue weighted by molar-refractivity contribution is -0.652. The van der Waals surface area contributed by atoms with Crippen molar-refractivity contribution in [2.24, 2.45) is 0 Å². The number of carboxylic acid groups (broad SMARTS) is 2. The molecule has 3 atom stereocenters. The van der Waals surface area contributed by atoms with Gasteiger partial charge >= 0.3 is 30.1 Å². The monoisotopic (exact) mass is 1230 g/mol. The van der Waals surface area contributed by atoms with Gasteiger partial charge in [0.2, 0.25) is 0 Å². The average Bonchev–Trinajstić information content (AvgIpc) is 3.90. The number of amides is 2. The molecule has 0 radical (unpaired) electrons. The van der Waals surface area contributed by atoms with Gasteiger partial charge < -0.3 is 46.7 Å². The number of rotatable bonds is 21. The Morgan fingerprint density at radius 3 is 1.36 bits per heavy atom. The summed E-state index contributed by atoms with van der Waals surface area (Å²) < 4.78 is 97.3. The third-order valence-corrected chi connectivity index (χ3v) is 15.2. The predicted molar refractivity (Wildman–Crippen MR) is 294 cm³/mol. The van der Waals surface area contributed by atoms with Gasteiger partial charge in [0.15, 0.2) is 6.04 Å². The molecule has 456 valence electrons. The molecule has 0 unspecified atom stereocenters. The molecule has 3 heterocycles. The van der Waals surface area contributed by atoms with Gasteiger partial charge in [0.1, 0.15) is 31.9 Å². The molecular formula is C60H77BrF6N6O10. The van der Waals surface area contributed by atoms with E-state index >= 15 is 0 Å². The molecule has 0 spiro atoms. The smallest absolute Gasteiger partial charge is 0.410 e. The topological polar surface area (TPSA) is 186 Å². The highest BCUT2D eigenvalue weighted by molar-refractivity contribution is 5.82. The lowest BCUT2D eigenvalue weighted by atomic mass is 9.98. The summed E-state index contributed by atoms with van der Waals surface area (Å²) in [5.41, 5.74) is 5.96. The van der Waals surface area contributed by atoms with Crippen LogP contribution in [0.1, 0.15) is 86.0 Å². The molecule has 3 fully saturated rings. The first kappa shape index (κ1) is 67.5. The molecule has 4 N–H and O–H groups in total. The van der Waals surface area contributed by atoms with Crippen molar-refractivity contribution in [2.75, 3.05) is 86.7 Å². The Balaban J connectivity index is 0.000000241. The molecule has 4 aliphatic rings. The summed E-state index contributed by atoms with van der Waals surface area (Å²) in [6.07, 6.45) is 0.125. The lowest BCUT2D eigenvalue weighted by Gasteiger charge is -2.34. The zero-order valence-corrected chi connectivity index (χ0v) is 48.8. The average molecular weight is 1240 g/mol. The number of carbonyl (C=O) groups excluding carboxylic acids is 3. The zero-order valence-electron chi connectivity index (χ0n) is 47.2. The van der Waals surface area contributed by atoms with Crippen LogP contribution in [0.2, 0.25) is 0 Å². The van der Waals surface area contributed by atoms with Crippen LogP contribution in [0.3, 0.4) is 0 Å². The minimum atomic E-state index is -2.75. The molecule has 3 aliphatic heterocycles. The Morgan fingerprint density at radius 1 is 0.554 bits per heavy atom. The van der Waals surface area contributed by atoms with Crippen LogP contribution in [0.25, 0.3) is 11.1 Å². The Bertz CT molecular complexity index is 2660. The number of carboxylic acids is 2. The van der Waals surface area contributed by atoms with Crippen LogP contribution in [0, 0.1) is 0 Å². The number of nitrogens with zero attached hydrogens (tertiary/aromatic N) is 5. The van der Waals surface area contributed by atoms with Crippen molar-refractivity contribution in [3.63, 3.8) is 0 Å². The number of alkyl halides is 6. The van der Waals surface area contributed by atoms with Crippen LogP contribution in [-0.2, 0) is 41.8 Å². The number of likely N-dealkylation sites (tertiary alicyclic amines) is 3. The van der Waals surface area contributed by atoms with E-state index in [0.29, 0.717) is 51.9 Å². The highest BCUT2D eigenvalue weighted by Gasteiger charge is 2.39. The van der Waals surface area contributed by atoms with Crippen molar-refractivity contribution in [3.05, 3.63) is 131 Å². The lowest BCUT2D eigenvalue weighted by Crippen LogP contribution is -3.00. The zero-order chi connectivity index (χ0) is 59.5. The number of fused-ring (bicyclic) bond motifs is 3. The Morgan fingerprint density at radius 2 is 0.940 bits per heavy atom. The molecule has 8 rings (SSSR count). The molecule has 23 heteroatoms. The largest absolute Gasteiger partial charge is 1.00 e. The summed E-state index contributed by atoms with van der Waals surface area (Å²) >= 11 is 0.